The summed E-state index contributed by atoms with van der Waals surface area (Å²) in [6.45, 7) is 4.94. The lowest BCUT2D eigenvalue weighted by Crippen LogP contribution is -2.16. The number of esters is 1. The molecule has 0 aliphatic carbocycles. The minimum atomic E-state index is -0.554. The monoisotopic (exact) mass is 342 g/mol. The van der Waals surface area contributed by atoms with Crippen LogP contribution in [0.5, 0.6) is 5.75 Å². The molecule has 0 aliphatic heterocycles. The number of nitrogens with one attached hydrogen (secondary N) is 1. The second kappa shape index (κ2) is 8.73. The lowest BCUT2D eigenvalue weighted by atomic mass is 10.2. The Morgan fingerprint density at radius 1 is 1.08 bits per heavy atom. The Balaban J connectivity index is 2.03. The van der Waals surface area contributed by atoms with Crippen molar-refractivity contribution in [1.29, 1.82) is 0 Å². The Bertz CT molecular complexity index is 728. The summed E-state index contributed by atoms with van der Waals surface area (Å²) < 4.78 is 10.2. The largest absolute Gasteiger partial charge is 0.450 e. The van der Waals surface area contributed by atoms with E-state index >= 15 is 0 Å². The van der Waals surface area contributed by atoms with Crippen molar-refractivity contribution in [1.82, 2.24) is 0 Å². The first kappa shape index (κ1) is 18.3. The Labute approximate surface area is 147 Å². The number of benzene rings is 2. The molecule has 1 N–H and O–H groups in total. The molecule has 0 bridgehead atoms. The topological polar surface area (TPSA) is 67.9 Å². The molecule has 2 rings (SSSR count). The molecule has 6 nitrogen and oxygen atoms in total. The molecule has 6 heteroatoms. The van der Waals surface area contributed by atoms with Crippen molar-refractivity contribution in [3.63, 3.8) is 0 Å². The molecule has 1 amide bonds. The molecule has 0 fully saturated rings. The fraction of sp³-hybridized carbons (Fsp3) is 0.263. The summed E-state index contributed by atoms with van der Waals surface area (Å²) in [7, 11) is 1.98. The zero-order valence-electron chi connectivity index (χ0n) is 14.6. The van der Waals surface area contributed by atoms with E-state index in [0.29, 0.717) is 17.0 Å². The van der Waals surface area contributed by atoms with Crippen molar-refractivity contribution in [3.8, 4) is 5.75 Å². The third kappa shape index (κ3) is 5.24. The summed E-state index contributed by atoms with van der Waals surface area (Å²) in [4.78, 5) is 25.8. The van der Waals surface area contributed by atoms with Gasteiger partial charge in [0.2, 0.25) is 0 Å². The predicted molar refractivity (Wildman–Crippen MR) is 97.4 cm³/mol. The molecule has 25 heavy (non-hydrogen) atoms. The number of carbonyl (C=O) groups excluding carboxylic acids is 2. The van der Waals surface area contributed by atoms with E-state index in [2.05, 4.69) is 17.1 Å². The first-order valence-electron chi connectivity index (χ1n) is 8.10. The molecule has 0 aromatic heterocycles. The number of amides is 1. The summed E-state index contributed by atoms with van der Waals surface area (Å²) in [6, 6.07) is 13.8. The number of hydrogen-bond acceptors (Lipinski definition) is 5. The van der Waals surface area contributed by atoms with Crippen molar-refractivity contribution in [3.05, 3.63) is 54.1 Å². The Kier molecular flexibility index (Phi) is 6.39. The number of nitrogens with zero attached hydrogens (tertiary/aromatic N) is 1. The van der Waals surface area contributed by atoms with Crippen molar-refractivity contribution in [2.45, 2.75) is 13.8 Å². The van der Waals surface area contributed by atoms with Gasteiger partial charge in [0.1, 0.15) is 5.75 Å². The van der Waals surface area contributed by atoms with Crippen molar-refractivity contribution >= 4 is 23.4 Å². The number of ether oxygens (including phenoxy) is 2. The summed E-state index contributed by atoms with van der Waals surface area (Å²) in [5.74, 6) is -0.118. The number of anilines is 2. The predicted octanol–water partition coefficient (Wildman–Crippen LogP) is 3.93. The summed E-state index contributed by atoms with van der Waals surface area (Å²) in [5.41, 5.74) is 1.97. The van der Waals surface area contributed by atoms with Gasteiger partial charge in [0.15, 0.2) is 0 Å². The van der Waals surface area contributed by atoms with E-state index in [1.54, 1.807) is 43.3 Å². The molecular weight excluding hydrogens is 320 g/mol. The number of rotatable bonds is 6. The number of hydrogen-bond donors (Lipinski definition) is 1. The van der Waals surface area contributed by atoms with Gasteiger partial charge in [0.25, 0.3) is 0 Å². The van der Waals surface area contributed by atoms with Gasteiger partial charge < -0.3 is 14.4 Å². The van der Waals surface area contributed by atoms with Gasteiger partial charge in [-0.05, 0) is 50.2 Å². The summed E-state index contributed by atoms with van der Waals surface area (Å²) >= 11 is 0. The maximum absolute atomic E-state index is 12.3. The highest BCUT2D eigenvalue weighted by Gasteiger charge is 2.10. The van der Waals surface area contributed by atoms with Crippen LogP contribution in [0.25, 0.3) is 0 Å². The smallest absolute Gasteiger partial charge is 0.411 e. The minimum absolute atomic E-state index is 0.281. The molecule has 0 saturated carbocycles. The zero-order chi connectivity index (χ0) is 18.2. The molecule has 2 aromatic rings. The van der Waals surface area contributed by atoms with E-state index in [0.717, 1.165) is 12.2 Å². The van der Waals surface area contributed by atoms with Gasteiger partial charge in [0.05, 0.1) is 12.2 Å². The van der Waals surface area contributed by atoms with Crippen LogP contribution >= 0.6 is 0 Å². The molecule has 0 saturated heterocycles. The average Bonchev–Trinajstić information content (AvgIpc) is 2.61. The molecule has 0 atom stereocenters. The van der Waals surface area contributed by atoms with Gasteiger partial charge in [-0.1, -0.05) is 6.07 Å². The highest BCUT2D eigenvalue weighted by atomic mass is 16.5. The molecule has 0 radical (unpaired) electrons. The van der Waals surface area contributed by atoms with E-state index < -0.39 is 12.1 Å². The Hall–Kier alpha value is -3.02. The highest BCUT2D eigenvalue weighted by Crippen LogP contribution is 2.20. The van der Waals surface area contributed by atoms with Crippen molar-refractivity contribution < 1.29 is 19.1 Å². The van der Waals surface area contributed by atoms with Gasteiger partial charge in [-0.3, -0.25) is 5.32 Å². The Morgan fingerprint density at radius 2 is 1.80 bits per heavy atom. The van der Waals surface area contributed by atoms with E-state index in [-0.39, 0.29) is 6.61 Å². The SMILES string of the molecule is CCOC(=O)Nc1cccc(OC(=O)c2ccc(N(C)CC)cc2)c1. The van der Waals surface area contributed by atoms with Crippen LogP contribution in [0.4, 0.5) is 16.2 Å². The normalized spacial score (nSPS) is 10.0. The second-order valence-electron chi connectivity index (χ2n) is 5.32. The minimum Gasteiger partial charge on any atom is -0.450 e. The summed E-state index contributed by atoms with van der Waals surface area (Å²) in [6.07, 6.45) is -0.554. The van der Waals surface area contributed by atoms with Crippen LogP contribution in [0, 0.1) is 0 Å². The van der Waals surface area contributed by atoms with E-state index in [9.17, 15) is 9.59 Å². The fourth-order valence-electron chi connectivity index (χ4n) is 2.12. The van der Waals surface area contributed by atoms with Gasteiger partial charge in [-0.2, -0.15) is 0 Å². The third-order valence-electron chi connectivity index (χ3n) is 3.58. The average molecular weight is 342 g/mol. The van der Waals surface area contributed by atoms with Gasteiger partial charge in [0, 0.05) is 31.0 Å². The molecule has 132 valence electrons. The number of carbonyl (C=O) groups is 2. The van der Waals surface area contributed by atoms with Crippen LogP contribution in [-0.4, -0.2) is 32.3 Å². The third-order valence-corrected chi connectivity index (χ3v) is 3.58. The van der Waals surface area contributed by atoms with E-state index in [1.165, 1.54) is 0 Å². The standard InChI is InChI=1S/C19H22N2O4/c1-4-21(3)16-11-9-14(10-12-16)18(22)25-17-8-6-7-15(13-17)20-19(23)24-5-2/h6-13H,4-5H2,1-3H3,(H,20,23). The highest BCUT2D eigenvalue weighted by molar-refractivity contribution is 5.92. The van der Waals surface area contributed by atoms with Crippen LogP contribution < -0.4 is 15.0 Å². The van der Waals surface area contributed by atoms with Gasteiger partial charge in [-0.15, -0.1) is 0 Å². The quantitative estimate of drug-likeness (QED) is 0.636. The maximum Gasteiger partial charge on any atom is 0.411 e. The molecule has 0 unspecified atom stereocenters. The molecule has 2 aromatic carbocycles. The fourth-order valence-corrected chi connectivity index (χ4v) is 2.12. The van der Waals surface area contributed by atoms with Gasteiger partial charge in [-0.25, -0.2) is 9.59 Å². The first-order valence-corrected chi connectivity index (χ1v) is 8.10. The van der Waals surface area contributed by atoms with Crippen molar-refractivity contribution in [2.24, 2.45) is 0 Å². The molecule has 0 heterocycles. The van der Waals surface area contributed by atoms with Crippen LogP contribution in [0.15, 0.2) is 48.5 Å². The Morgan fingerprint density at radius 3 is 2.44 bits per heavy atom. The lowest BCUT2D eigenvalue weighted by molar-refractivity contribution is 0.0735. The van der Waals surface area contributed by atoms with Crippen LogP contribution in [0.2, 0.25) is 0 Å². The van der Waals surface area contributed by atoms with E-state index in [1.807, 2.05) is 19.2 Å². The summed E-state index contributed by atoms with van der Waals surface area (Å²) in [5, 5.41) is 2.56. The first-order chi connectivity index (χ1) is 12.0. The van der Waals surface area contributed by atoms with Crippen LogP contribution in [0.3, 0.4) is 0 Å². The maximum atomic E-state index is 12.3. The second-order valence-corrected chi connectivity index (χ2v) is 5.32. The van der Waals surface area contributed by atoms with Gasteiger partial charge >= 0.3 is 12.1 Å². The molecular formula is C19H22N2O4. The lowest BCUT2D eigenvalue weighted by Gasteiger charge is -2.16. The van der Waals surface area contributed by atoms with Crippen LogP contribution in [0.1, 0.15) is 24.2 Å². The van der Waals surface area contributed by atoms with Crippen LogP contribution in [-0.2, 0) is 4.74 Å². The molecule has 0 aliphatic rings. The zero-order valence-corrected chi connectivity index (χ0v) is 14.6. The molecule has 0 spiro atoms. The van der Waals surface area contributed by atoms with Crippen molar-refractivity contribution in [2.75, 3.05) is 30.4 Å². The van der Waals surface area contributed by atoms with E-state index in [4.69, 9.17) is 9.47 Å².